The van der Waals surface area contributed by atoms with Gasteiger partial charge in [0.15, 0.2) is 5.82 Å². The molecule has 3 saturated heterocycles. The van der Waals surface area contributed by atoms with E-state index in [0.29, 0.717) is 82.0 Å². The van der Waals surface area contributed by atoms with Crippen molar-refractivity contribution in [3.63, 3.8) is 0 Å². The quantitative estimate of drug-likeness (QED) is 0.0845. The van der Waals surface area contributed by atoms with E-state index in [1.54, 1.807) is 30.3 Å². The van der Waals surface area contributed by atoms with Crippen molar-refractivity contribution >= 4 is 67.8 Å². The predicted molar refractivity (Wildman–Crippen MR) is 234 cm³/mol. The zero-order valence-corrected chi connectivity index (χ0v) is 35.9. The first-order valence-corrected chi connectivity index (χ1v) is 22.3. The van der Waals surface area contributed by atoms with Gasteiger partial charge in [-0.2, -0.15) is 12.7 Å². The summed E-state index contributed by atoms with van der Waals surface area (Å²) in [5.41, 5.74) is 0.369. The van der Waals surface area contributed by atoms with E-state index >= 15 is 8.78 Å². The molecule has 3 aliphatic heterocycles. The number of H-pyrrole nitrogens is 1. The fourth-order valence-corrected chi connectivity index (χ4v) is 8.98. The molecule has 5 N–H and O–H groups in total. The van der Waals surface area contributed by atoms with Gasteiger partial charge in [-0.15, -0.1) is 0 Å². The Hall–Kier alpha value is -6.58. The van der Waals surface area contributed by atoms with Crippen LogP contribution in [0.15, 0.2) is 67.3 Å². The van der Waals surface area contributed by atoms with Crippen LogP contribution in [0.25, 0.3) is 22.2 Å². The summed E-state index contributed by atoms with van der Waals surface area (Å²) in [5, 5.41) is 17.2. The van der Waals surface area contributed by atoms with E-state index in [0.717, 1.165) is 27.8 Å². The van der Waals surface area contributed by atoms with Gasteiger partial charge in [-0.1, -0.05) is 6.92 Å². The molecular weight excluding hydrogens is 853 g/mol. The van der Waals surface area contributed by atoms with Crippen LogP contribution in [0.5, 0.6) is 0 Å². The third-order valence-electron chi connectivity index (χ3n) is 12.1. The van der Waals surface area contributed by atoms with Crippen LogP contribution in [0.2, 0.25) is 0 Å². The molecule has 6 heterocycles. The number of fused-ring (bicyclic) bond motifs is 1. The number of imide groups is 1. The molecule has 8 rings (SSSR count). The first kappa shape index (κ1) is 44.0. The fraction of sp³-hybridized carbons (Fsp3) is 0.372. The van der Waals surface area contributed by atoms with Crippen LogP contribution >= 0.6 is 0 Å². The molecule has 3 aromatic heterocycles. The van der Waals surface area contributed by atoms with E-state index in [-0.39, 0.29) is 47.3 Å². The van der Waals surface area contributed by atoms with Gasteiger partial charge in [0.25, 0.3) is 0 Å². The maximum absolute atomic E-state index is 15.6. The Morgan fingerprint density at radius 2 is 1.62 bits per heavy atom. The second kappa shape index (κ2) is 17.9. The molecule has 3 fully saturated rings. The maximum atomic E-state index is 15.6. The van der Waals surface area contributed by atoms with E-state index in [2.05, 4.69) is 40.2 Å². The number of piperazine rings is 1. The van der Waals surface area contributed by atoms with Crippen molar-refractivity contribution in [1.29, 1.82) is 0 Å². The summed E-state index contributed by atoms with van der Waals surface area (Å²) in [6.45, 7) is 4.59. The molecule has 64 heavy (non-hydrogen) atoms. The number of aliphatic hydroxyl groups is 1. The van der Waals surface area contributed by atoms with E-state index < -0.39 is 50.5 Å². The van der Waals surface area contributed by atoms with Gasteiger partial charge in [0.05, 0.1) is 23.3 Å². The number of benzene rings is 2. The van der Waals surface area contributed by atoms with Gasteiger partial charge in [0.1, 0.15) is 17.5 Å². The van der Waals surface area contributed by atoms with Gasteiger partial charge < -0.3 is 30.1 Å². The van der Waals surface area contributed by atoms with Gasteiger partial charge in [-0.05, 0) is 61.7 Å². The highest BCUT2D eigenvalue weighted by Gasteiger charge is 2.37. The highest BCUT2D eigenvalue weighted by atomic mass is 32.2. The summed E-state index contributed by atoms with van der Waals surface area (Å²) in [6.07, 6.45) is 7.60. The Labute approximate surface area is 367 Å². The number of piperidine rings is 2. The molecule has 3 aliphatic rings. The summed E-state index contributed by atoms with van der Waals surface area (Å²) >= 11 is 0. The van der Waals surface area contributed by atoms with E-state index in [9.17, 15) is 32.7 Å². The van der Waals surface area contributed by atoms with Gasteiger partial charge in [-0.3, -0.25) is 29.2 Å². The van der Waals surface area contributed by atoms with Gasteiger partial charge >= 0.3 is 10.2 Å². The number of nitrogens with zero attached hydrogens (tertiary/aromatic N) is 7. The Morgan fingerprint density at radius 1 is 0.938 bits per heavy atom. The molecule has 0 spiro atoms. The first-order valence-electron chi connectivity index (χ1n) is 20.9. The smallest absolute Gasteiger partial charge is 0.301 e. The standard InChI is InChI=1S/C43H47F2N11O7S/c1-3-53(2)64(62,63)52-33-9-8-32(44)37(38(33)45)39(59)31-25-47-40-30(31)20-26(22-46-40)27-23-48-42(49-24-27)56-18-16-55(17-19-56)36(58)21-43(61)12-14-54(15-13-43)29-6-4-28(5-7-29)50-34-10-11-35(57)51-41(34)60/h4-9,20,22-25,34,50,52,61H,3,10-19,21H2,1-2H3,(H,46,47)(H,51,57,60). The normalized spacial score (nSPS) is 18.0. The molecule has 336 valence electrons. The summed E-state index contributed by atoms with van der Waals surface area (Å²) in [5.74, 6) is -3.82. The zero-order chi connectivity index (χ0) is 45.3. The van der Waals surface area contributed by atoms with Gasteiger partial charge in [-0.25, -0.2) is 23.7 Å². The molecule has 3 amide bonds. The third kappa shape index (κ3) is 9.22. The summed E-state index contributed by atoms with van der Waals surface area (Å²) in [6, 6.07) is 10.5. The van der Waals surface area contributed by atoms with E-state index in [4.69, 9.17) is 0 Å². The fourth-order valence-electron chi connectivity index (χ4n) is 8.05. The van der Waals surface area contributed by atoms with Gasteiger partial charge in [0, 0.05) is 118 Å². The Balaban J connectivity index is 0.846. The van der Waals surface area contributed by atoms with Crippen LogP contribution in [0, 0.1) is 11.6 Å². The number of ketones is 1. The number of carbonyl (C=O) groups excluding carboxylic acids is 4. The van der Waals surface area contributed by atoms with Crippen LogP contribution in [-0.4, -0.2) is 131 Å². The summed E-state index contributed by atoms with van der Waals surface area (Å²) in [7, 11) is -2.88. The monoisotopic (exact) mass is 899 g/mol. The number of rotatable bonds is 13. The number of halogens is 2. The number of aromatic nitrogens is 4. The highest BCUT2D eigenvalue weighted by Crippen LogP contribution is 2.32. The number of pyridine rings is 1. The lowest BCUT2D eigenvalue weighted by molar-refractivity contribution is -0.138. The first-order chi connectivity index (χ1) is 30.6. The lowest BCUT2D eigenvalue weighted by Crippen LogP contribution is -2.52. The molecule has 0 saturated carbocycles. The van der Waals surface area contributed by atoms with Crippen molar-refractivity contribution in [2.24, 2.45) is 0 Å². The van der Waals surface area contributed by atoms with Crippen LogP contribution in [0.1, 0.15) is 54.9 Å². The molecule has 5 aromatic rings. The van der Waals surface area contributed by atoms with Crippen molar-refractivity contribution in [1.82, 2.24) is 34.5 Å². The van der Waals surface area contributed by atoms with Crippen molar-refractivity contribution in [3.8, 4) is 11.1 Å². The molecule has 0 radical (unpaired) electrons. The van der Waals surface area contributed by atoms with Crippen LogP contribution in [-0.2, 0) is 24.6 Å². The summed E-state index contributed by atoms with van der Waals surface area (Å²) < 4.78 is 58.7. The molecule has 1 unspecified atom stereocenters. The van der Waals surface area contributed by atoms with Crippen LogP contribution in [0.4, 0.5) is 31.8 Å². The van der Waals surface area contributed by atoms with Gasteiger partial charge in [0.2, 0.25) is 29.5 Å². The topological polar surface area (TPSA) is 226 Å². The third-order valence-corrected chi connectivity index (χ3v) is 13.6. The molecule has 0 aliphatic carbocycles. The van der Waals surface area contributed by atoms with Crippen LogP contribution in [0.3, 0.4) is 0 Å². The summed E-state index contributed by atoms with van der Waals surface area (Å²) in [4.78, 5) is 72.8. The van der Waals surface area contributed by atoms with E-state index in [1.807, 2.05) is 29.2 Å². The number of aromatic amines is 1. The lowest BCUT2D eigenvalue weighted by atomic mass is 9.87. The lowest BCUT2D eigenvalue weighted by Gasteiger charge is -2.41. The number of hydrogen-bond donors (Lipinski definition) is 5. The number of nitrogens with one attached hydrogen (secondary N) is 4. The number of carbonyl (C=O) groups is 4. The van der Waals surface area contributed by atoms with E-state index in [1.165, 1.54) is 19.4 Å². The second-order valence-electron chi connectivity index (χ2n) is 16.2. The molecule has 18 nitrogen and oxygen atoms in total. The second-order valence-corrected chi connectivity index (χ2v) is 18.0. The molecule has 21 heteroatoms. The van der Waals surface area contributed by atoms with Crippen LogP contribution < -0.4 is 25.2 Å². The zero-order valence-electron chi connectivity index (χ0n) is 35.1. The SMILES string of the molecule is CCN(C)S(=O)(=O)Nc1ccc(F)c(C(=O)c2c[nH]c3ncc(-c4cnc(N5CCN(C(=O)CC6(O)CCN(c7ccc(NC8CCC(=O)NC8=O)cc7)CC6)CC5)nc4)cc23)c1F. The minimum Gasteiger partial charge on any atom is -0.389 e. The number of amides is 3. The number of hydrogen-bond acceptors (Lipinski definition) is 13. The molecule has 1 atom stereocenters. The Kier molecular flexibility index (Phi) is 12.3. The minimum absolute atomic E-state index is 0.0162. The number of anilines is 4. The minimum atomic E-state index is -4.16. The molecule has 0 bridgehead atoms. The Bertz CT molecular complexity index is 2700. The highest BCUT2D eigenvalue weighted by molar-refractivity contribution is 7.90. The average Bonchev–Trinajstić information content (AvgIpc) is 3.72. The predicted octanol–water partition coefficient (Wildman–Crippen LogP) is 3.42. The van der Waals surface area contributed by atoms with Crippen molar-refractivity contribution in [2.75, 3.05) is 72.7 Å². The molecule has 2 aromatic carbocycles. The van der Waals surface area contributed by atoms with Crippen molar-refractivity contribution < 1.29 is 41.5 Å². The largest absolute Gasteiger partial charge is 0.389 e. The Morgan fingerprint density at radius 3 is 2.30 bits per heavy atom. The molecular formula is C43H47F2N11O7S. The van der Waals surface area contributed by atoms with Crippen molar-refractivity contribution in [2.45, 2.75) is 50.7 Å². The van der Waals surface area contributed by atoms with Crippen molar-refractivity contribution in [3.05, 3.63) is 90.0 Å². The maximum Gasteiger partial charge on any atom is 0.301 e. The average molecular weight is 900 g/mol.